The molecule has 0 spiro atoms. The van der Waals surface area contributed by atoms with Crippen LogP contribution in [0.15, 0.2) is 18.2 Å². The summed E-state index contributed by atoms with van der Waals surface area (Å²) in [7, 11) is 1.99. The molecule has 0 bridgehead atoms. The molecule has 2 aromatic rings. The number of likely N-dealkylation sites (N-methyl/N-ethyl adjacent to an activating group) is 1. The van der Waals surface area contributed by atoms with Crippen LogP contribution < -0.4 is 5.32 Å². The fourth-order valence-corrected chi connectivity index (χ4v) is 3.46. The molecule has 1 saturated carbocycles. The molecule has 1 heterocycles. The van der Waals surface area contributed by atoms with Crippen molar-refractivity contribution in [3.63, 3.8) is 0 Å². The van der Waals surface area contributed by atoms with Crippen LogP contribution in [0.2, 0.25) is 0 Å². The first kappa shape index (κ1) is 15.4. The Hall–Kier alpha value is -1.53. The van der Waals surface area contributed by atoms with Crippen molar-refractivity contribution in [2.45, 2.75) is 51.2 Å². The third-order valence-corrected chi connectivity index (χ3v) is 5.05. The molecule has 22 heavy (non-hydrogen) atoms. The Bertz CT molecular complexity index is 650. The van der Waals surface area contributed by atoms with Gasteiger partial charge in [-0.05, 0) is 44.5 Å². The van der Waals surface area contributed by atoms with Gasteiger partial charge in [0.2, 0.25) is 5.91 Å². The number of hydrogen-bond donors (Lipinski definition) is 1. The monoisotopic (exact) mass is 318 g/mol. The van der Waals surface area contributed by atoms with Crippen LogP contribution in [-0.4, -0.2) is 38.7 Å². The first-order chi connectivity index (χ1) is 10.6. The molecule has 0 radical (unpaired) electrons. The lowest BCUT2D eigenvalue weighted by Crippen LogP contribution is -2.46. The molecule has 5 nitrogen and oxygen atoms in total. The first-order valence-corrected chi connectivity index (χ1v) is 8.58. The van der Waals surface area contributed by atoms with E-state index >= 15 is 0 Å². The van der Waals surface area contributed by atoms with E-state index in [-0.39, 0.29) is 11.9 Å². The highest BCUT2D eigenvalue weighted by Gasteiger charge is 2.23. The molecule has 1 aromatic carbocycles. The van der Waals surface area contributed by atoms with Crippen molar-refractivity contribution in [2.24, 2.45) is 0 Å². The Morgan fingerprint density at radius 3 is 2.86 bits per heavy atom. The number of aromatic nitrogens is 2. The minimum absolute atomic E-state index is 0.130. The van der Waals surface area contributed by atoms with Crippen LogP contribution in [0, 0.1) is 0 Å². The van der Waals surface area contributed by atoms with Crippen molar-refractivity contribution in [3.05, 3.63) is 23.8 Å². The van der Waals surface area contributed by atoms with Crippen molar-refractivity contribution >= 4 is 28.7 Å². The number of nitrogens with zero attached hydrogens (tertiary/aromatic N) is 3. The van der Waals surface area contributed by atoms with Gasteiger partial charge >= 0.3 is 0 Å². The van der Waals surface area contributed by atoms with Gasteiger partial charge in [0, 0.05) is 12.6 Å². The highest BCUT2D eigenvalue weighted by atomic mass is 32.1. The molecule has 1 atom stereocenters. The van der Waals surface area contributed by atoms with Gasteiger partial charge in [0.1, 0.15) is 11.0 Å². The van der Waals surface area contributed by atoms with Crippen molar-refractivity contribution < 1.29 is 4.79 Å². The highest BCUT2D eigenvalue weighted by Crippen LogP contribution is 2.18. The van der Waals surface area contributed by atoms with Crippen LogP contribution in [0.5, 0.6) is 0 Å². The van der Waals surface area contributed by atoms with Crippen molar-refractivity contribution in [1.29, 1.82) is 0 Å². The van der Waals surface area contributed by atoms with Crippen LogP contribution in [0.4, 0.5) is 0 Å². The summed E-state index contributed by atoms with van der Waals surface area (Å²) >= 11 is 1.23. The van der Waals surface area contributed by atoms with Gasteiger partial charge in [-0.15, -0.1) is 0 Å². The maximum atomic E-state index is 12.3. The van der Waals surface area contributed by atoms with Gasteiger partial charge in [0.05, 0.1) is 17.8 Å². The van der Waals surface area contributed by atoms with Gasteiger partial charge in [0.25, 0.3) is 0 Å². The van der Waals surface area contributed by atoms with Gasteiger partial charge < -0.3 is 5.32 Å². The van der Waals surface area contributed by atoms with E-state index in [1.807, 2.05) is 20.0 Å². The minimum atomic E-state index is -0.134. The summed E-state index contributed by atoms with van der Waals surface area (Å²) in [6.07, 6.45) is 4.71. The third-order valence-electron chi connectivity index (χ3n) is 4.49. The highest BCUT2D eigenvalue weighted by molar-refractivity contribution is 7.00. The Morgan fingerprint density at radius 1 is 1.36 bits per heavy atom. The third kappa shape index (κ3) is 3.44. The second-order valence-electron chi connectivity index (χ2n) is 6.17. The molecule has 1 N–H and O–H groups in total. The molecular weight excluding hydrogens is 296 g/mol. The van der Waals surface area contributed by atoms with E-state index in [4.69, 9.17) is 0 Å². The zero-order valence-corrected chi connectivity index (χ0v) is 13.9. The van der Waals surface area contributed by atoms with Gasteiger partial charge in [-0.25, -0.2) is 0 Å². The summed E-state index contributed by atoms with van der Waals surface area (Å²) in [6, 6.07) is 6.34. The van der Waals surface area contributed by atoms with Gasteiger partial charge in [-0.2, -0.15) is 8.75 Å². The lowest BCUT2D eigenvalue weighted by Gasteiger charge is -2.25. The first-order valence-electron chi connectivity index (χ1n) is 7.85. The van der Waals surface area contributed by atoms with E-state index < -0.39 is 0 Å². The Balaban J connectivity index is 1.59. The van der Waals surface area contributed by atoms with Gasteiger partial charge in [-0.3, -0.25) is 9.69 Å². The fourth-order valence-electron chi connectivity index (χ4n) is 2.94. The van der Waals surface area contributed by atoms with Crippen LogP contribution in [0.1, 0.15) is 38.2 Å². The van der Waals surface area contributed by atoms with E-state index in [9.17, 15) is 4.79 Å². The summed E-state index contributed by atoms with van der Waals surface area (Å²) < 4.78 is 8.48. The molecule has 118 valence electrons. The Kier molecular flexibility index (Phi) is 4.69. The molecule has 3 rings (SSSR count). The molecule has 0 saturated heterocycles. The van der Waals surface area contributed by atoms with E-state index in [0.29, 0.717) is 6.04 Å². The summed E-state index contributed by atoms with van der Waals surface area (Å²) in [6.45, 7) is 2.69. The number of fused-ring (bicyclic) bond motifs is 1. The Morgan fingerprint density at radius 2 is 2.09 bits per heavy atom. The maximum absolute atomic E-state index is 12.3. The number of nitrogens with one attached hydrogen (secondary N) is 1. The van der Waals surface area contributed by atoms with Gasteiger partial charge in [-0.1, -0.05) is 18.9 Å². The van der Waals surface area contributed by atoms with Gasteiger partial charge in [0.15, 0.2) is 0 Å². The van der Waals surface area contributed by atoms with E-state index in [1.165, 1.54) is 24.6 Å². The molecule has 1 fully saturated rings. The molecule has 6 heteroatoms. The summed E-state index contributed by atoms with van der Waals surface area (Å²) in [5.41, 5.74) is 3.02. The zero-order chi connectivity index (χ0) is 15.5. The van der Waals surface area contributed by atoms with E-state index in [0.717, 1.165) is 36.0 Å². The topological polar surface area (TPSA) is 58.1 Å². The standard InChI is InChI=1S/C16H22N4OS/c1-11(16(21)17-13-5-3-4-6-13)20(2)10-12-7-8-14-15(9-12)19-22-18-14/h7-9,11,13H,3-6,10H2,1-2H3,(H,17,21)/t11-/m1/s1. The normalized spacial score (nSPS) is 17.2. The van der Waals surface area contributed by atoms with Crippen LogP contribution >= 0.6 is 11.7 Å². The van der Waals surface area contributed by atoms with Crippen LogP contribution in [0.3, 0.4) is 0 Å². The molecule has 1 aromatic heterocycles. The Labute approximate surface area is 135 Å². The summed E-state index contributed by atoms with van der Waals surface area (Å²) in [5, 5.41) is 3.17. The summed E-state index contributed by atoms with van der Waals surface area (Å²) in [4.78, 5) is 14.4. The molecule has 0 unspecified atom stereocenters. The second-order valence-corrected chi connectivity index (χ2v) is 6.70. The van der Waals surface area contributed by atoms with Crippen LogP contribution in [0.25, 0.3) is 11.0 Å². The minimum Gasteiger partial charge on any atom is -0.352 e. The number of rotatable bonds is 5. The molecule has 0 aliphatic heterocycles. The molecular formula is C16H22N4OS. The average molecular weight is 318 g/mol. The quantitative estimate of drug-likeness (QED) is 0.920. The van der Waals surface area contributed by atoms with E-state index in [1.54, 1.807) is 0 Å². The number of amides is 1. The molecule has 1 aliphatic carbocycles. The van der Waals surface area contributed by atoms with Crippen molar-refractivity contribution in [1.82, 2.24) is 19.0 Å². The number of benzene rings is 1. The predicted octanol–water partition coefficient (Wildman–Crippen LogP) is 2.57. The number of hydrogen-bond acceptors (Lipinski definition) is 5. The van der Waals surface area contributed by atoms with E-state index in [2.05, 4.69) is 31.1 Å². The summed E-state index contributed by atoms with van der Waals surface area (Å²) in [5.74, 6) is 0.130. The molecule has 1 amide bonds. The molecule has 1 aliphatic rings. The van der Waals surface area contributed by atoms with Crippen LogP contribution in [-0.2, 0) is 11.3 Å². The SMILES string of the molecule is C[C@H](C(=O)NC1CCCC1)N(C)Cc1ccc2nsnc2c1. The zero-order valence-electron chi connectivity index (χ0n) is 13.1. The second kappa shape index (κ2) is 6.71. The number of carbonyl (C=O) groups excluding carboxylic acids is 1. The average Bonchev–Trinajstić information content (AvgIpc) is 3.16. The smallest absolute Gasteiger partial charge is 0.237 e. The largest absolute Gasteiger partial charge is 0.352 e. The predicted molar refractivity (Wildman–Crippen MR) is 88.7 cm³/mol. The fraction of sp³-hybridized carbons (Fsp3) is 0.562. The lowest BCUT2D eigenvalue weighted by atomic mass is 10.1. The lowest BCUT2D eigenvalue weighted by molar-refractivity contribution is -0.126. The van der Waals surface area contributed by atoms with Crippen molar-refractivity contribution in [3.8, 4) is 0 Å². The van der Waals surface area contributed by atoms with Crippen molar-refractivity contribution in [2.75, 3.05) is 7.05 Å². The number of carbonyl (C=O) groups is 1. The maximum Gasteiger partial charge on any atom is 0.237 e.